The summed E-state index contributed by atoms with van der Waals surface area (Å²) in [5.41, 5.74) is 4.44. The van der Waals surface area contributed by atoms with Crippen LogP contribution in [0.5, 0.6) is 11.5 Å². The Morgan fingerprint density at radius 1 is 1.15 bits per heavy atom. The molecular weight excluding hydrogens is 370 g/mol. The number of hydrogen-bond acceptors (Lipinski definition) is 7. The van der Waals surface area contributed by atoms with E-state index >= 15 is 0 Å². The van der Waals surface area contributed by atoms with Gasteiger partial charge in [-0.15, -0.1) is 11.8 Å². The number of nitrogen functional groups attached to an aromatic ring is 1. The summed E-state index contributed by atoms with van der Waals surface area (Å²) in [7, 11) is 2.75. The first-order chi connectivity index (χ1) is 12.8. The van der Waals surface area contributed by atoms with Crippen molar-refractivity contribution in [2.45, 2.75) is 23.5 Å². The molecule has 1 aromatic carbocycles. The van der Waals surface area contributed by atoms with Crippen LogP contribution in [0.4, 0.5) is 5.82 Å². The zero-order chi connectivity index (χ0) is 19.7. The molecule has 1 unspecified atom stereocenters. The van der Waals surface area contributed by atoms with E-state index < -0.39 is 22.3 Å². The van der Waals surface area contributed by atoms with Crippen molar-refractivity contribution in [3.05, 3.63) is 44.6 Å². The van der Waals surface area contributed by atoms with Crippen LogP contribution in [-0.2, 0) is 14.1 Å². The first kappa shape index (κ1) is 19.1. The van der Waals surface area contributed by atoms with Crippen molar-refractivity contribution in [2.24, 2.45) is 14.1 Å². The largest absolute Gasteiger partial charge is 0.490 e. The molecule has 2 N–H and O–H groups in total. The molecule has 0 spiro atoms. The van der Waals surface area contributed by atoms with Gasteiger partial charge in [0.05, 0.1) is 18.5 Å². The van der Waals surface area contributed by atoms with E-state index in [1.54, 1.807) is 13.0 Å². The summed E-state index contributed by atoms with van der Waals surface area (Å²) in [4.78, 5) is 38.0. The first-order valence-corrected chi connectivity index (χ1v) is 9.35. The van der Waals surface area contributed by atoms with Gasteiger partial charge in [-0.2, -0.15) is 0 Å². The molecule has 2 aromatic rings. The maximum absolute atomic E-state index is 12.9. The molecule has 0 bridgehead atoms. The number of nitrogens with zero attached hydrogens (tertiary/aromatic N) is 2. The summed E-state index contributed by atoms with van der Waals surface area (Å²) in [6.45, 7) is 2.86. The van der Waals surface area contributed by atoms with Gasteiger partial charge in [0.1, 0.15) is 11.4 Å². The van der Waals surface area contributed by atoms with Crippen molar-refractivity contribution < 1.29 is 14.3 Å². The molecule has 1 atom stereocenters. The highest BCUT2D eigenvalue weighted by Gasteiger charge is 2.25. The normalized spacial score (nSPS) is 14.5. The van der Waals surface area contributed by atoms with E-state index in [4.69, 9.17) is 15.2 Å². The van der Waals surface area contributed by atoms with Crippen LogP contribution in [0.3, 0.4) is 0 Å². The second-order valence-electron chi connectivity index (χ2n) is 6.25. The van der Waals surface area contributed by atoms with Crippen LogP contribution in [0.25, 0.3) is 0 Å². The lowest BCUT2D eigenvalue weighted by Crippen LogP contribution is -2.42. The fourth-order valence-electron chi connectivity index (χ4n) is 2.77. The van der Waals surface area contributed by atoms with E-state index in [1.807, 2.05) is 12.1 Å². The highest BCUT2D eigenvalue weighted by molar-refractivity contribution is 8.00. The topological polar surface area (TPSA) is 106 Å². The number of carbonyl (C=O) groups is 1. The molecule has 9 heteroatoms. The first-order valence-electron chi connectivity index (χ1n) is 8.47. The van der Waals surface area contributed by atoms with E-state index in [0.717, 1.165) is 20.5 Å². The number of hydrogen-bond donors (Lipinski definition) is 1. The lowest BCUT2D eigenvalue weighted by atomic mass is 10.1. The average molecular weight is 391 g/mol. The third-order valence-corrected chi connectivity index (χ3v) is 5.45. The predicted octanol–water partition coefficient (Wildman–Crippen LogP) is 1.19. The second kappa shape index (κ2) is 7.51. The lowest BCUT2D eigenvalue weighted by Gasteiger charge is -2.15. The number of benzene rings is 1. The maximum Gasteiger partial charge on any atom is 0.332 e. The molecular formula is C18H21N3O5S. The third-order valence-electron chi connectivity index (χ3n) is 4.36. The van der Waals surface area contributed by atoms with E-state index in [2.05, 4.69) is 0 Å². The van der Waals surface area contributed by atoms with E-state index in [-0.39, 0.29) is 11.4 Å². The van der Waals surface area contributed by atoms with Crippen LogP contribution in [0.2, 0.25) is 0 Å². The van der Waals surface area contributed by atoms with Gasteiger partial charge in [-0.3, -0.25) is 18.7 Å². The summed E-state index contributed by atoms with van der Waals surface area (Å²) in [5.74, 6) is 0.752. The fourth-order valence-corrected chi connectivity index (χ4v) is 3.72. The van der Waals surface area contributed by atoms with E-state index in [9.17, 15) is 14.4 Å². The quantitative estimate of drug-likeness (QED) is 0.616. The molecule has 27 heavy (non-hydrogen) atoms. The zero-order valence-electron chi connectivity index (χ0n) is 15.4. The monoisotopic (exact) mass is 391 g/mol. The summed E-state index contributed by atoms with van der Waals surface area (Å²) in [6, 6.07) is 5.46. The smallest absolute Gasteiger partial charge is 0.332 e. The number of rotatable bonds is 4. The Labute approximate surface area is 159 Å². The Morgan fingerprint density at radius 2 is 1.81 bits per heavy atom. The lowest BCUT2D eigenvalue weighted by molar-refractivity contribution is 0.0992. The van der Waals surface area contributed by atoms with Crippen molar-refractivity contribution in [2.75, 3.05) is 18.9 Å². The van der Waals surface area contributed by atoms with E-state index in [1.165, 1.54) is 25.9 Å². The summed E-state index contributed by atoms with van der Waals surface area (Å²) in [6.07, 6.45) is 0.807. The van der Waals surface area contributed by atoms with Gasteiger partial charge in [0.25, 0.3) is 5.56 Å². The fraction of sp³-hybridized carbons (Fsp3) is 0.389. The minimum absolute atomic E-state index is 0.126. The van der Waals surface area contributed by atoms with E-state index in [0.29, 0.717) is 24.7 Å². The highest BCUT2D eigenvalue weighted by atomic mass is 32.2. The van der Waals surface area contributed by atoms with Crippen LogP contribution in [-0.4, -0.2) is 33.4 Å². The van der Waals surface area contributed by atoms with Gasteiger partial charge >= 0.3 is 5.69 Å². The Morgan fingerprint density at radius 3 is 2.52 bits per heavy atom. The molecule has 0 saturated carbocycles. The maximum atomic E-state index is 12.9. The number of ether oxygens (including phenoxy) is 2. The molecule has 0 saturated heterocycles. The second-order valence-corrected chi connectivity index (χ2v) is 7.66. The molecule has 3 rings (SSSR count). The van der Waals surface area contributed by atoms with Crippen LogP contribution < -0.4 is 26.5 Å². The molecule has 144 valence electrons. The molecule has 1 aliphatic heterocycles. The highest BCUT2D eigenvalue weighted by Crippen LogP contribution is 2.35. The molecule has 2 heterocycles. The standard InChI is InChI=1S/C18H21N3O5S/c1-10(15(22)14-16(19)20(2)18(24)21(3)17(14)23)27-11-5-6-12-13(9-11)26-8-4-7-25-12/h5-6,9-10H,4,7-8,19H2,1-3H3. The number of anilines is 1. The predicted molar refractivity (Wildman–Crippen MR) is 103 cm³/mol. The number of fused-ring (bicyclic) bond motifs is 1. The summed E-state index contributed by atoms with van der Waals surface area (Å²) >= 11 is 1.28. The van der Waals surface area contributed by atoms with Crippen LogP contribution in [0.15, 0.2) is 32.7 Å². The third kappa shape index (κ3) is 3.59. The Balaban J connectivity index is 1.88. The van der Waals surface area contributed by atoms with Gasteiger partial charge in [0, 0.05) is 25.4 Å². The van der Waals surface area contributed by atoms with Crippen molar-refractivity contribution >= 4 is 23.4 Å². The molecule has 0 radical (unpaired) electrons. The van der Waals surface area contributed by atoms with Crippen LogP contribution in [0.1, 0.15) is 23.7 Å². The van der Waals surface area contributed by atoms with Gasteiger partial charge in [-0.05, 0) is 25.1 Å². The molecule has 0 aliphatic carbocycles. The SMILES string of the molecule is CC(Sc1ccc2c(c1)OCCCO2)C(=O)c1c(N)n(C)c(=O)n(C)c1=O. The number of aromatic nitrogens is 2. The minimum Gasteiger partial charge on any atom is -0.490 e. The van der Waals surface area contributed by atoms with Gasteiger partial charge in [0.2, 0.25) is 0 Å². The summed E-state index contributed by atoms with van der Waals surface area (Å²) < 4.78 is 13.2. The van der Waals surface area contributed by atoms with Gasteiger partial charge in [0.15, 0.2) is 17.3 Å². The van der Waals surface area contributed by atoms with Crippen LogP contribution >= 0.6 is 11.8 Å². The number of nitrogens with two attached hydrogens (primary N) is 1. The van der Waals surface area contributed by atoms with Crippen molar-refractivity contribution in [1.82, 2.24) is 9.13 Å². The number of carbonyl (C=O) groups excluding carboxylic acids is 1. The van der Waals surface area contributed by atoms with Crippen molar-refractivity contribution in [3.63, 3.8) is 0 Å². The average Bonchev–Trinajstić information content (AvgIpc) is 2.89. The van der Waals surface area contributed by atoms with Crippen LogP contribution in [0, 0.1) is 0 Å². The van der Waals surface area contributed by atoms with Gasteiger partial charge in [-0.1, -0.05) is 0 Å². The van der Waals surface area contributed by atoms with Gasteiger partial charge in [-0.25, -0.2) is 4.79 Å². The van der Waals surface area contributed by atoms with Crippen molar-refractivity contribution in [1.29, 1.82) is 0 Å². The number of ketones is 1. The Kier molecular flexibility index (Phi) is 5.31. The van der Waals surface area contributed by atoms with Gasteiger partial charge < -0.3 is 15.2 Å². The number of thioether (sulfide) groups is 1. The molecule has 1 aromatic heterocycles. The molecule has 0 fully saturated rings. The van der Waals surface area contributed by atoms with Crippen molar-refractivity contribution in [3.8, 4) is 11.5 Å². The minimum atomic E-state index is -0.688. The zero-order valence-corrected chi connectivity index (χ0v) is 16.2. The number of Topliss-reactive ketones (excluding diaryl/α,β-unsaturated/α-hetero) is 1. The summed E-state index contributed by atoms with van der Waals surface area (Å²) in [5, 5.41) is -0.581. The molecule has 1 aliphatic rings. The molecule has 0 amide bonds. The molecule has 8 nitrogen and oxygen atoms in total. The Bertz CT molecular complexity index is 1010. The Hall–Kier alpha value is -2.68.